The lowest BCUT2D eigenvalue weighted by atomic mass is 10.1. The van der Waals surface area contributed by atoms with Crippen LogP contribution in [-0.4, -0.2) is 5.91 Å². The minimum absolute atomic E-state index is 0.0136. The van der Waals surface area contributed by atoms with Crippen molar-refractivity contribution >= 4 is 27.5 Å². The fraction of sp³-hybridized carbons (Fsp3) is 0.188. The summed E-state index contributed by atoms with van der Waals surface area (Å²) >= 11 is 3.41. The van der Waals surface area contributed by atoms with Crippen LogP contribution in [0.25, 0.3) is 0 Å². The number of rotatable bonds is 3. The van der Waals surface area contributed by atoms with Gasteiger partial charge in [0.05, 0.1) is 6.42 Å². The number of nitrogens with one attached hydrogen (secondary N) is 1. The van der Waals surface area contributed by atoms with Crippen molar-refractivity contribution in [1.82, 2.24) is 0 Å². The first-order chi connectivity index (χ1) is 9.06. The minimum atomic E-state index is 0.0136. The Balaban J connectivity index is 2.08. The van der Waals surface area contributed by atoms with Gasteiger partial charge in [-0.15, -0.1) is 0 Å². The van der Waals surface area contributed by atoms with E-state index in [9.17, 15) is 4.79 Å². The van der Waals surface area contributed by atoms with Gasteiger partial charge >= 0.3 is 0 Å². The van der Waals surface area contributed by atoms with Crippen LogP contribution in [0.15, 0.2) is 46.9 Å². The highest BCUT2D eigenvalue weighted by molar-refractivity contribution is 9.10. The summed E-state index contributed by atoms with van der Waals surface area (Å²) in [4.78, 5) is 12.0. The van der Waals surface area contributed by atoms with E-state index in [0.29, 0.717) is 6.42 Å². The molecular weight excluding hydrogens is 302 g/mol. The number of anilines is 1. The van der Waals surface area contributed by atoms with Crippen LogP contribution in [0.4, 0.5) is 5.69 Å². The normalized spacial score (nSPS) is 10.3. The van der Waals surface area contributed by atoms with Gasteiger partial charge in [-0.3, -0.25) is 4.79 Å². The van der Waals surface area contributed by atoms with E-state index in [-0.39, 0.29) is 5.91 Å². The van der Waals surface area contributed by atoms with Crippen LogP contribution in [0.2, 0.25) is 0 Å². The highest BCUT2D eigenvalue weighted by Gasteiger charge is 2.07. The molecule has 19 heavy (non-hydrogen) atoms. The van der Waals surface area contributed by atoms with Crippen LogP contribution in [0.5, 0.6) is 0 Å². The van der Waals surface area contributed by atoms with Gasteiger partial charge in [0, 0.05) is 10.2 Å². The van der Waals surface area contributed by atoms with Crippen LogP contribution in [0.1, 0.15) is 16.7 Å². The van der Waals surface area contributed by atoms with Gasteiger partial charge in [-0.25, -0.2) is 0 Å². The third-order valence-corrected chi connectivity index (χ3v) is 3.57. The smallest absolute Gasteiger partial charge is 0.228 e. The predicted octanol–water partition coefficient (Wildman–Crippen LogP) is 4.25. The molecule has 0 aliphatic heterocycles. The Morgan fingerprint density at radius 3 is 2.53 bits per heavy atom. The van der Waals surface area contributed by atoms with E-state index in [1.54, 1.807) is 0 Å². The second-order valence-corrected chi connectivity index (χ2v) is 5.53. The standard InChI is InChI=1S/C16H16BrNO/c1-11-5-3-4-6-13(11)10-16(19)18-15-8-7-14(17)9-12(15)2/h3-9H,10H2,1-2H3,(H,18,19). The molecule has 1 amide bonds. The molecule has 0 aliphatic carbocycles. The minimum Gasteiger partial charge on any atom is -0.326 e. The van der Waals surface area contributed by atoms with Gasteiger partial charge in [0.2, 0.25) is 5.91 Å². The summed E-state index contributed by atoms with van der Waals surface area (Å²) in [7, 11) is 0. The lowest BCUT2D eigenvalue weighted by Gasteiger charge is -2.10. The molecular formula is C16H16BrNO. The van der Waals surface area contributed by atoms with Crippen LogP contribution in [-0.2, 0) is 11.2 Å². The fourth-order valence-corrected chi connectivity index (χ4v) is 2.42. The third-order valence-electron chi connectivity index (χ3n) is 3.07. The van der Waals surface area contributed by atoms with Crippen molar-refractivity contribution < 1.29 is 4.79 Å². The molecule has 0 aromatic heterocycles. The molecule has 0 bridgehead atoms. The fourth-order valence-electron chi connectivity index (χ4n) is 1.94. The summed E-state index contributed by atoms with van der Waals surface area (Å²) in [6.07, 6.45) is 0.405. The molecule has 0 atom stereocenters. The van der Waals surface area contributed by atoms with Gasteiger partial charge in [-0.05, 0) is 48.7 Å². The van der Waals surface area contributed by atoms with E-state index in [1.807, 2.05) is 56.3 Å². The number of benzene rings is 2. The van der Waals surface area contributed by atoms with Gasteiger partial charge in [0.15, 0.2) is 0 Å². The topological polar surface area (TPSA) is 29.1 Å². The van der Waals surface area contributed by atoms with Crippen LogP contribution < -0.4 is 5.32 Å². The predicted molar refractivity (Wildman–Crippen MR) is 82.4 cm³/mol. The summed E-state index contributed by atoms with van der Waals surface area (Å²) in [6, 6.07) is 13.8. The molecule has 0 saturated carbocycles. The quantitative estimate of drug-likeness (QED) is 0.901. The van der Waals surface area contributed by atoms with E-state index >= 15 is 0 Å². The molecule has 0 saturated heterocycles. The van der Waals surface area contributed by atoms with Gasteiger partial charge in [0.1, 0.15) is 0 Å². The molecule has 0 spiro atoms. The van der Waals surface area contributed by atoms with Crippen LogP contribution in [0.3, 0.4) is 0 Å². The van der Waals surface area contributed by atoms with E-state index in [0.717, 1.165) is 26.9 Å². The Kier molecular flexibility index (Phi) is 4.38. The molecule has 2 aromatic carbocycles. The summed E-state index contributed by atoms with van der Waals surface area (Å²) < 4.78 is 1.02. The molecule has 0 unspecified atom stereocenters. The van der Waals surface area contributed by atoms with Crippen molar-refractivity contribution in [3.63, 3.8) is 0 Å². The molecule has 3 heteroatoms. The molecule has 98 valence electrons. The SMILES string of the molecule is Cc1ccccc1CC(=O)Nc1ccc(Br)cc1C. The number of aryl methyl sites for hydroxylation is 2. The highest BCUT2D eigenvalue weighted by atomic mass is 79.9. The van der Waals surface area contributed by atoms with E-state index < -0.39 is 0 Å². The first-order valence-electron chi connectivity index (χ1n) is 6.17. The molecule has 2 nitrogen and oxygen atoms in total. The van der Waals surface area contributed by atoms with Crippen molar-refractivity contribution in [1.29, 1.82) is 0 Å². The average Bonchev–Trinajstić information content (AvgIpc) is 2.36. The van der Waals surface area contributed by atoms with Crippen molar-refractivity contribution in [2.45, 2.75) is 20.3 Å². The summed E-state index contributed by atoms with van der Waals surface area (Å²) in [5.41, 5.74) is 4.12. The second-order valence-electron chi connectivity index (χ2n) is 4.61. The average molecular weight is 318 g/mol. The van der Waals surface area contributed by atoms with E-state index in [4.69, 9.17) is 0 Å². The molecule has 0 heterocycles. The number of carbonyl (C=O) groups excluding carboxylic acids is 1. The van der Waals surface area contributed by atoms with Crippen LogP contribution in [0, 0.1) is 13.8 Å². The Hall–Kier alpha value is -1.61. The number of carbonyl (C=O) groups is 1. The molecule has 2 rings (SSSR count). The van der Waals surface area contributed by atoms with E-state index in [1.165, 1.54) is 0 Å². The number of amides is 1. The second kappa shape index (κ2) is 6.02. The van der Waals surface area contributed by atoms with Crippen molar-refractivity contribution in [3.05, 3.63) is 63.6 Å². The number of halogens is 1. The zero-order valence-electron chi connectivity index (χ0n) is 11.0. The molecule has 2 aromatic rings. The Morgan fingerprint density at radius 2 is 1.84 bits per heavy atom. The number of hydrogen-bond donors (Lipinski definition) is 1. The Bertz CT molecular complexity index is 607. The summed E-state index contributed by atoms with van der Waals surface area (Å²) in [6.45, 7) is 4.00. The van der Waals surface area contributed by atoms with Gasteiger partial charge in [0.25, 0.3) is 0 Å². The maximum atomic E-state index is 12.0. The summed E-state index contributed by atoms with van der Waals surface area (Å²) in [5.74, 6) is 0.0136. The largest absolute Gasteiger partial charge is 0.326 e. The molecule has 0 fully saturated rings. The maximum Gasteiger partial charge on any atom is 0.228 e. The molecule has 0 radical (unpaired) electrons. The lowest BCUT2D eigenvalue weighted by molar-refractivity contribution is -0.115. The third kappa shape index (κ3) is 3.67. The van der Waals surface area contributed by atoms with Crippen molar-refractivity contribution in [2.75, 3.05) is 5.32 Å². The van der Waals surface area contributed by atoms with Gasteiger partial charge < -0.3 is 5.32 Å². The maximum absolute atomic E-state index is 12.0. The van der Waals surface area contributed by atoms with Crippen molar-refractivity contribution in [3.8, 4) is 0 Å². The summed E-state index contributed by atoms with van der Waals surface area (Å²) in [5, 5.41) is 2.95. The first kappa shape index (κ1) is 13.8. The molecule has 0 aliphatic rings. The monoisotopic (exact) mass is 317 g/mol. The highest BCUT2D eigenvalue weighted by Crippen LogP contribution is 2.20. The van der Waals surface area contributed by atoms with E-state index in [2.05, 4.69) is 21.2 Å². The first-order valence-corrected chi connectivity index (χ1v) is 6.96. The Morgan fingerprint density at radius 1 is 1.11 bits per heavy atom. The zero-order chi connectivity index (χ0) is 13.8. The molecule has 1 N–H and O–H groups in total. The lowest BCUT2D eigenvalue weighted by Crippen LogP contribution is -2.15. The van der Waals surface area contributed by atoms with Gasteiger partial charge in [-0.2, -0.15) is 0 Å². The van der Waals surface area contributed by atoms with Crippen molar-refractivity contribution in [2.24, 2.45) is 0 Å². The van der Waals surface area contributed by atoms with Gasteiger partial charge in [-0.1, -0.05) is 40.2 Å². The number of hydrogen-bond acceptors (Lipinski definition) is 1. The Labute approximate surface area is 122 Å². The van der Waals surface area contributed by atoms with Crippen LogP contribution >= 0.6 is 15.9 Å². The zero-order valence-corrected chi connectivity index (χ0v) is 12.6.